The van der Waals surface area contributed by atoms with Crippen LogP contribution in [0.4, 0.5) is 5.13 Å². The van der Waals surface area contributed by atoms with Crippen LogP contribution in [0.2, 0.25) is 5.02 Å². The van der Waals surface area contributed by atoms with Crippen molar-refractivity contribution >= 4 is 65.6 Å². The van der Waals surface area contributed by atoms with Gasteiger partial charge in [-0.2, -0.15) is 4.31 Å². The number of aromatic nitrogens is 2. The third-order valence-electron chi connectivity index (χ3n) is 5.82. The topological polar surface area (TPSA) is 83.5 Å². The van der Waals surface area contributed by atoms with Crippen molar-refractivity contribution in [2.75, 3.05) is 18.0 Å². The van der Waals surface area contributed by atoms with E-state index in [1.807, 2.05) is 24.3 Å². The molecular formula is C23H21ClN4O3S3. The molecule has 0 aliphatic carbocycles. The molecule has 0 bridgehead atoms. The molecule has 0 radical (unpaired) electrons. The van der Waals surface area contributed by atoms with Crippen molar-refractivity contribution in [1.82, 2.24) is 14.3 Å². The molecule has 1 amide bonds. The van der Waals surface area contributed by atoms with Crippen molar-refractivity contribution in [2.45, 2.75) is 23.6 Å². The second-order valence-electron chi connectivity index (χ2n) is 8.00. The molecule has 1 aliphatic rings. The van der Waals surface area contributed by atoms with E-state index in [2.05, 4.69) is 4.98 Å². The average Bonchev–Trinajstić information content (AvgIpc) is 3.53. The molecule has 0 atom stereocenters. The van der Waals surface area contributed by atoms with Crippen molar-refractivity contribution in [3.8, 4) is 0 Å². The minimum Gasteiger partial charge on any atom is -0.283 e. The summed E-state index contributed by atoms with van der Waals surface area (Å²) in [6, 6.07) is 12.6. The number of piperidine rings is 1. The van der Waals surface area contributed by atoms with Crippen molar-refractivity contribution < 1.29 is 13.2 Å². The highest BCUT2D eigenvalue weighted by atomic mass is 35.5. The molecular weight excluding hydrogens is 512 g/mol. The second kappa shape index (κ2) is 9.71. The van der Waals surface area contributed by atoms with Gasteiger partial charge in [0.1, 0.15) is 4.21 Å². The van der Waals surface area contributed by atoms with Gasteiger partial charge in [-0.25, -0.2) is 13.4 Å². The van der Waals surface area contributed by atoms with Gasteiger partial charge in [0, 0.05) is 36.4 Å². The van der Waals surface area contributed by atoms with Gasteiger partial charge >= 0.3 is 0 Å². The molecule has 1 fully saturated rings. The Morgan fingerprint density at radius 3 is 2.62 bits per heavy atom. The van der Waals surface area contributed by atoms with Gasteiger partial charge < -0.3 is 0 Å². The first-order valence-corrected chi connectivity index (χ1v) is 14.2. The number of carbonyl (C=O) groups is 1. The fraction of sp³-hybridized carbons (Fsp3) is 0.261. The Labute approximate surface area is 210 Å². The van der Waals surface area contributed by atoms with Gasteiger partial charge in [-0.3, -0.25) is 14.7 Å². The van der Waals surface area contributed by atoms with E-state index in [1.165, 1.54) is 27.0 Å². The Hall–Kier alpha value is -2.37. The number of halogens is 1. The molecule has 1 aliphatic heterocycles. The lowest BCUT2D eigenvalue weighted by Gasteiger charge is -2.32. The minimum atomic E-state index is -3.51. The summed E-state index contributed by atoms with van der Waals surface area (Å²) in [5.41, 5.74) is 1.73. The zero-order chi connectivity index (χ0) is 23.7. The minimum absolute atomic E-state index is 0.0462. The summed E-state index contributed by atoms with van der Waals surface area (Å²) in [6.07, 6.45) is 4.33. The van der Waals surface area contributed by atoms with Crippen molar-refractivity contribution in [2.24, 2.45) is 5.92 Å². The molecule has 3 aromatic heterocycles. The highest BCUT2D eigenvalue weighted by molar-refractivity contribution is 7.91. The number of hydrogen-bond donors (Lipinski definition) is 0. The number of rotatable bonds is 6. The first-order chi connectivity index (χ1) is 16.4. The second-order valence-corrected chi connectivity index (χ2v) is 12.6. The number of benzene rings is 1. The molecule has 1 saturated heterocycles. The quantitative estimate of drug-likeness (QED) is 0.347. The zero-order valence-corrected chi connectivity index (χ0v) is 21.2. The van der Waals surface area contributed by atoms with Crippen molar-refractivity contribution in [3.63, 3.8) is 0 Å². The molecule has 176 valence electrons. The van der Waals surface area contributed by atoms with Gasteiger partial charge in [0.05, 0.1) is 16.8 Å². The van der Waals surface area contributed by atoms with E-state index in [4.69, 9.17) is 16.6 Å². The van der Waals surface area contributed by atoms with Crippen LogP contribution in [0, 0.1) is 5.92 Å². The van der Waals surface area contributed by atoms with E-state index in [9.17, 15) is 13.2 Å². The highest BCUT2D eigenvalue weighted by Crippen LogP contribution is 2.34. The lowest BCUT2D eigenvalue weighted by molar-refractivity contribution is -0.123. The fourth-order valence-electron chi connectivity index (χ4n) is 4.01. The van der Waals surface area contributed by atoms with Crippen LogP contribution < -0.4 is 4.90 Å². The number of nitrogens with zero attached hydrogens (tertiary/aromatic N) is 4. The van der Waals surface area contributed by atoms with Crippen LogP contribution in [-0.4, -0.2) is 41.7 Å². The predicted octanol–water partition coefficient (Wildman–Crippen LogP) is 5.04. The molecule has 5 rings (SSSR count). The van der Waals surface area contributed by atoms with Gasteiger partial charge in [-0.15, -0.1) is 11.3 Å². The van der Waals surface area contributed by atoms with Gasteiger partial charge in [0.2, 0.25) is 5.91 Å². The van der Waals surface area contributed by atoms with Crippen molar-refractivity contribution in [1.29, 1.82) is 0 Å². The molecule has 4 heterocycles. The van der Waals surface area contributed by atoms with Crippen LogP contribution in [-0.2, 0) is 21.4 Å². The number of anilines is 1. The molecule has 1 aromatic carbocycles. The maximum atomic E-state index is 13.7. The maximum absolute atomic E-state index is 13.7. The first-order valence-electron chi connectivity index (χ1n) is 10.7. The van der Waals surface area contributed by atoms with Gasteiger partial charge in [0.25, 0.3) is 10.0 Å². The number of thiazole rings is 1. The molecule has 0 N–H and O–H groups in total. The van der Waals surface area contributed by atoms with Crippen LogP contribution in [0.1, 0.15) is 18.4 Å². The third kappa shape index (κ3) is 4.73. The Bertz CT molecular complexity index is 1400. The van der Waals surface area contributed by atoms with Crippen LogP contribution >= 0.6 is 34.3 Å². The number of hydrogen-bond acceptors (Lipinski definition) is 7. The molecule has 0 saturated carbocycles. The molecule has 4 aromatic rings. The fourth-order valence-corrected chi connectivity index (χ4v) is 7.87. The number of fused-ring (bicyclic) bond motifs is 1. The van der Waals surface area contributed by atoms with E-state index in [1.54, 1.807) is 40.9 Å². The van der Waals surface area contributed by atoms with E-state index in [-0.39, 0.29) is 11.8 Å². The summed E-state index contributed by atoms with van der Waals surface area (Å²) < 4.78 is 28.5. The summed E-state index contributed by atoms with van der Waals surface area (Å²) in [5.74, 6) is -0.331. The molecule has 0 unspecified atom stereocenters. The molecule has 11 heteroatoms. The SMILES string of the molecule is O=C(C1CCN(S(=O)(=O)c2cccs2)CC1)N(Cc1ccncc1)c1nc2ccc(Cl)cc2s1. The lowest BCUT2D eigenvalue weighted by atomic mass is 9.96. The zero-order valence-electron chi connectivity index (χ0n) is 18.0. The number of pyridine rings is 1. The highest BCUT2D eigenvalue weighted by Gasteiger charge is 2.35. The van der Waals surface area contributed by atoms with Crippen LogP contribution in [0.15, 0.2) is 64.4 Å². The maximum Gasteiger partial charge on any atom is 0.252 e. The van der Waals surface area contributed by atoms with Gasteiger partial charge in [-0.05, 0) is 60.2 Å². The Kier molecular flexibility index (Phi) is 6.67. The van der Waals surface area contributed by atoms with E-state index >= 15 is 0 Å². The van der Waals surface area contributed by atoms with Crippen LogP contribution in [0.25, 0.3) is 10.2 Å². The van der Waals surface area contributed by atoms with Crippen LogP contribution in [0.3, 0.4) is 0 Å². The summed E-state index contributed by atoms with van der Waals surface area (Å²) in [6.45, 7) is 0.993. The normalized spacial score (nSPS) is 15.6. The van der Waals surface area contributed by atoms with Crippen LogP contribution in [0.5, 0.6) is 0 Å². The average molecular weight is 533 g/mol. The number of sulfonamides is 1. The summed E-state index contributed by atoms with van der Waals surface area (Å²) in [5, 5.41) is 2.98. The van der Waals surface area contributed by atoms with Gasteiger partial charge in [-0.1, -0.05) is 29.0 Å². The standard InChI is InChI=1S/C23H21ClN4O3S3/c24-18-3-4-19-20(14-18)33-23(26-19)28(15-16-5-9-25-10-6-16)22(29)17-7-11-27(12-8-17)34(30,31)21-2-1-13-32-21/h1-6,9-10,13-14,17H,7-8,11-12,15H2. The Morgan fingerprint density at radius 1 is 1.15 bits per heavy atom. The summed E-state index contributed by atoms with van der Waals surface area (Å²) in [4.78, 5) is 24.2. The molecule has 7 nitrogen and oxygen atoms in total. The van der Waals surface area contributed by atoms with Gasteiger partial charge in [0.15, 0.2) is 5.13 Å². The summed E-state index contributed by atoms with van der Waals surface area (Å²) in [7, 11) is -3.51. The number of amides is 1. The third-order valence-corrected chi connectivity index (χ3v) is 10.4. The summed E-state index contributed by atoms with van der Waals surface area (Å²) >= 11 is 8.78. The smallest absolute Gasteiger partial charge is 0.252 e. The van der Waals surface area contributed by atoms with Crippen molar-refractivity contribution in [3.05, 3.63) is 70.8 Å². The Morgan fingerprint density at radius 2 is 1.91 bits per heavy atom. The number of carbonyl (C=O) groups excluding carboxylic acids is 1. The largest absolute Gasteiger partial charge is 0.283 e. The van der Waals surface area contributed by atoms with E-state index in [0.717, 1.165) is 15.8 Å². The van der Waals surface area contributed by atoms with E-state index in [0.29, 0.717) is 46.8 Å². The molecule has 34 heavy (non-hydrogen) atoms. The molecule has 0 spiro atoms. The Balaban J connectivity index is 1.38. The monoisotopic (exact) mass is 532 g/mol. The lowest BCUT2D eigenvalue weighted by Crippen LogP contribution is -2.44. The number of thiophene rings is 1. The first kappa shape index (κ1) is 23.4. The predicted molar refractivity (Wildman–Crippen MR) is 136 cm³/mol. The van der Waals surface area contributed by atoms with E-state index < -0.39 is 10.0 Å².